The van der Waals surface area contributed by atoms with Crippen LogP contribution >= 0.6 is 0 Å². The Kier molecular flexibility index (Phi) is 8.47. The van der Waals surface area contributed by atoms with E-state index in [-0.39, 0.29) is 0 Å². The molecule has 1 rings (SSSR count). The molecule has 0 bridgehead atoms. The van der Waals surface area contributed by atoms with E-state index in [9.17, 15) is 0 Å². The van der Waals surface area contributed by atoms with Crippen molar-refractivity contribution in [1.29, 1.82) is 0 Å². The first-order valence-electron chi connectivity index (χ1n) is 9.62. The molecule has 0 radical (unpaired) electrons. The SMILES string of the molecule is C=C[Si](C)(C=C)O[Si](C)(C)O[Si](C)(O[Si](C)(C=C)C=C)C1CCCCC1. The van der Waals surface area contributed by atoms with Gasteiger partial charge in [0.15, 0.2) is 0 Å². The predicted octanol–water partition coefficient (Wildman–Crippen LogP) is 6.20. The van der Waals surface area contributed by atoms with Crippen LogP contribution in [0.2, 0.25) is 38.3 Å². The minimum atomic E-state index is -2.48. The standard InChI is InChI=1S/C19H38O3Si4/c1-10-24(7,11-2)20-23(5,6)21-26(9,19-17-15-14-16-18-19)22-25(8,12-3)13-4/h10-13,19H,1-4,14-18H2,5-9H3. The Balaban J connectivity index is 3.14. The lowest BCUT2D eigenvalue weighted by Gasteiger charge is -2.46. The van der Waals surface area contributed by atoms with Crippen molar-refractivity contribution in [2.24, 2.45) is 0 Å². The molecule has 148 valence electrons. The molecule has 1 saturated carbocycles. The third-order valence-corrected chi connectivity index (χ3v) is 21.3. The maximum Gasteiger partial charge on any atom is 0.319 e. The first-order chi connectivity index (χ1) is 12.0. The largest absolute Gasteiger partial charge is 0.430 e. The van der Waals surface area contributed by atoms with Gasteiger partial charge in [0.1, 0.15) is 0 Å². The molecule has 0 saturated heterocycles. The molecular formula is C19H38O3Si4. The molecule has 1 aliphatic rings. The Bertz CT molecular complexity index is 513. The average Bonchev–Trinajstić information content (AvgIpc) is 2.61. The molecule has 1 fully saturated rings. The lowest BCUT2D eigenvalue weighted by molar-refractivity contribution is 0.297. The highest BCUT2D eigenvalue weighted by atomic mass is 28.5. The van der Waals surface area contributed by atoms with E-state index < -0.39 is 33.8 Å². The van der Waals surface area contributed by atoms with Gasteiger partial charge in [0.05, 0.1) is 0 Å². The highest BCUT2D eigenvalue weighted by Gasteiger charge is 2.50. The second kappa shape index (κ2) is 9.27. The molecule has 0 amide bonds. The highest BCUT2D eigenvalue weighted by molar-refractivity contribution is 6.94. The molecular weight excluding hydrogens is 389 g/mol. The molecule has 0 N–H and O–H groups in total. The Hall–Kier alpha value is -0.292. The van der Waals surface area contributed by atoms with E-state index in [0.717, 1.165) is 0 Å². The second-order valence-corrected chi connectivity index (χ2v) is 22.7. The van der Waals surface area contributed by atoms with Crippen molar-refractivity contribution in [3.05, 3.63) is 49.1 Å². The summed E-state index contributed by atoms with van der Waals surface area (Å²) in [4.78, 5) is 0. The van der Waals surface area contributed by atoms with Crippen LogP contribution in [0.5, 0.6) is 0 Å². The van der Waals surface area contributed by atoms with Gasteiger partial charge in [0.25, 0.3) is 0 Å². The fourth-order valence-corrected chi connectivity index (χ4v) is 20.8. The number of rotatable bonds is 11. The Morgan fingerprint density at radius 3 is 1.50 bits per heavy atom. The van der Waals surface area contributed by atoms with Crippen LogP contribution < -0.4 is 0 Å². The maximum absolute atomic E-state index is 6.88. The van der Waals surface area contributed by atoms with Crippen LogP contribution in [-0.4, -0.2) is 33.8 Å². The van der Waals surface area contributed by atoms with Crippen molar-refractivity contribution in [3.63, 3.8) is 0 Å². The first kappa shape index (κ1) is 23.7. The van der Waals surface area contributed by atoms with Crippen LogP contribution in [0, 0.1) is 0 Å². The van der Waals surface area contributed by atoms with Gasteiger partial charge in [-0.05, 0) is 45.6 Å². The molecule has 0 aromatic rings. The highest BCUT2D eigenvalue weighted by Crippen LogP contribution is 2.41. The van der Waals surface area contributed by atoms with Crippen LogP contribution in [0.25, 0.3) is 0 Å². The van der Waals surface area contributed by atoms with Gasteiger partial charge in [-0.3, -0.25) is 0 Å². The average molecular weight is 427 g/mol. The predicted molar refractivity (Wildman–Crippen MR) is 123 cm³/mol. The molecule has 1 atom stereocenters. The van der Waals surface area contributed by atoms with Crippen LogP contribution in [0.1, 0.15) is 32.1 Å². The molecule has 0 aliphatic heterocycles. The van der Waals surface area contributed by atoms with E-state index in [1.807, 2.05) is 22.8 Å². The van der Waals surface area contributed by atoms with E-state index in [1.165, 1.54) is 32.1 Å². The van der Waals surface area contributed by atoms with Crippen molar-refractivity contribution in [2.45, 2.75) is 70.4 Å². The Labute approximate surface area is 165 Å². The van der Waals surface area contributed by atoms with E-state index in [0.29, 0.717) is 5.54 Å². The van der Waals surface area contributed by atoms with Gasteiger partial charge in [0, 0.05) is 5.54 Å². The molecule has 0 heterocycles. The smallest absolute Gasteiger partial charge is 0.319 e. The zero-order valence-corrected chi connectivity index (χ0v) is 21.5. The van der Waals surface area contributed by atoms with Crippen LogP contribution in [0.4, 0.5) is 0 Å². The van der Waals surface area contributed by atoms with Crippen LogP contribution in [-0.2, 0) is 12.3 Å². The lowest BCUT2D eigenvalue weighted by Crippen LogP contribution is -2.60. The van der Waals surface area contributed by atoms with Crippen LogP contribution in [0.15, 0.2) is 49.1 Å². The topological polar surface area (TPSA) is 27.7 Å². The summed E-state index contributed by atoms with van der Waals surface area (Å²) >= 11 is 0. The summed E-state index contributed by atoms with van der Waals surface area (Å²) in [6.45, 7) is 26.7. The van der Waals surface area contributed by atoms with Crippen molar-refractivity contribution >= 4 is 33.8 Å². The minimum absolute atomic E-state index is 0.499. The van der Waals surface area contributed by atoms with Crippen molar-refractivity contribution in [2.75, 3.05) is 0 Å². The van der Waals surface area contributed by atoms with Crippen molar-refractivity contribution < 1.29 is 12.3 Å². The normalized spacial score (nSPS) is 19.4. The summed E-state index contributed by atoms with van der Waals surface area (Å²) in [7, 11) is -9.24. The molecule has 1 aliphatic carbocycles. The monoisotopic (exact) mass is 426 g/mol. The van der Waals surface area contributed by atoms with Gasteiger partial charge in [-0.2, -0.15) is 0 Å². The van der Waals surface area contributed by atoms with E-state index in [2.05, 4.69) is 59.1 Å². The van der Waals surface area contributed by atoms with Gasteiger partial charge in [0.2, 0.25) is 16.6 Å². The summed E-state index contributed by atoms with van der Waals surface area (Å²) in [6, 6.07) is 0. The van der Waals surface area contributed by atoms with Gasteiger partial charge in [-0.1, -0.05) is 42.1 Å². The van der Waals surface area contributed by atoms with Crippen molar-refractivity contribution in [1.82, 2.24) is 0 Å². The molecule has 26 heavy (non-hydrogen) atoms. The summed E-state index contributed by atoms with van der Waals surface area (Å²) < 4.78 is 20.2. The molecule has 7 heteroatoms. The number of hydrogen-bond acceptors (Lipinski definition) is 3. The van der Waals surface area contributed by atoms with Gasteiger partial charge in [-0.25, -0.2) is 0 Å². The van der Waals surface area contributed by atoms with Gasteiger partial charge >= 0.3 is 17.1 Å². The second-order valence-electron chi connectivity index (χ2n) is 8.24. The molecule has 3 nitrogen and oxygen atoms in total. The molecule has 0 aromatic heterocycles. The van der Waals surface area contributed by atoms with Crippen LogP contribution in [0.3, 0.4) is 0 Å². The fraction of sp³-hybridized carbons (Fsp3) is 0.579. The Morgan fingerprint density at radius 2 is 1.08 bits per heavy atom. The third kappa shape index (κ3) is 6.40. The van der Waals surface area contributed by atoms with E-state index in [4.69, 9.17) is 12.3 Å². The molecule has 0 spiro atoms. The van der Waals surface area contributed by atoms with Gasteiger partial charge < -0.3 is 12.3 Å². The summed E-state index contributed by atoms with van der Waals surface area (Å²) in [6.07, 6.45) is 6.20. The summed E-state index contributed by atoms with van der Waals surface area (Å²) in [5.74, 6) is 0. The lowest BCUT2D eigenvalue weighted by atomic mass is 10.0. The summed E-state index contributed by atoms with van der Waals surface area (Å²) in [5.41, 5.74) is 8.26. The zero-order valence-electron chi connectivity index (χ0n) is 17.5. The fourth-order valence-electron chi connectivity index (χ4n) is 3.62. The molecule has 0 aromatic carbocycles. The van der Waals surface area contributed by atoms with Gasteiger partial charge in [-0.15, -0.1) is 26.3 Å². The third-order valence-electron chi connectivity index (χ3n) is 5.30. The minimum Gasteiger partial charge on any atom is -0.430 e. The van der Waals surface area contributed by atoms with E-state index >= 15 is 0 Å². The summed E-state index contributed by atoms with van der Waals surface area (Å²) in [5, 5.41) is 0. The van der Waals surface area contributed by atoms with E-state index in [1.54, 1.807) is 0 Å². The first-order valence-corrected chi connectivity index (χ1v) is 20.0. The molecule has 1 unspecified atom stereocenters. The number of hydrogen-bond donors (Lipinski definition) is 0. The quantitative estimate of drug-likeness (QED) is 0.368. The maximum atomic E-state index is 6.88. The Morgan fingerprint density at radius 1 is 0.654 bits per heavy atom. The zero-order chi connectivity index (χ0) is 20.1. The van der Waals surface area contributed by atoms with Crippen molar-refractivity contribution in [3.8, 4) is 0 Å².